The highest BCUT2D eigenvalue weighted by Gasteiger charge is 2.22. The molecule has 18 heavy (non-hydrogen) atoms. The van der Waals surface area contributed by atoms with Crippen LogP contribution >= 0.6 is 11.3 Å². The predicted molar refractivity (Wildman–Crippen MR) is 71.5 cm³/mol. The molecule has 1 atom stereocenters. The quantitative estimate of drug-likeness (QED) is 0.852. The molecule has 1 aromatic rings. The summed E-state index contributed by atoms with van der Waals surface area (Å²) in [5.74, 6) is -0.590. The molecule has 0 saturated carbocycles. The van der Waals surface area contributed by atoms with Gasteiger partial charge in [-0.2, -0.15) is 11.3 Å². The third kappa shape index (κ3) is 5.31. The first-order chi connectivity index (χ1) is 8.28. The predicted octanol–water partition coefficient (Wildman–Crippen LogP) is 2.14. The number of hydrogen-bond donors (Lipinski definition) is 1. The molecule has 5 heteroatoms. The van der Waals surface area contributed by atoms with Crippen LogP contribution in [0.15, 0.2) is 16.8 Å². The summed E-state index contributed by atoms with van der Waals surface area (Å²) in [4.78, 5) is 23.3. The Kier molecular flexibility index (Phi) is 4.90. The summed E-state index contributed by atoms with van der Waals surface area (Å²) in [7, 11) is 0. The fourth-order valence-electron chi connectivity index (χ4n) is 1.32. The number of esters is 1. The number of hydrogen-bond acceptors (Lipinski definition) is 4. The third-order valence-electron chi connectivity index (χ3n) is 2.08. The minimum Gasteiger partial charge on any atom is -0.458 e. The molecular weight excluding hydrogens is 250 g/mol. The van der Waals surface area contributed by atoms with Crippen LogP contribution in [0.2, 0.25) is 0 Å². The van der Waals surface area contributed by atoms with E-state index in [4.69, 9.17) is 4.74 Å². The highest BCUT2D eigenvalue weighted by Crippen LogP contribution is 2.09. The van der Waals surface area contributed by atoms with E-state index in [1.54, 1.807) is 39.0 Å². The van der Waals surface area contributed by atoms with Gasteiger partial charge in [-0.15, -0.1) is 0 Å². The molecule has 0 radical (unpaired) electrons. The number of ether oxygens (including phenoxy) is 1. The Hall–Kier alpha value is -1.36. The molecule has 1 rings (SSSR count). The second kappa shape index (κ2) is 6.00. The minimum atomic E-state index is -0.629. The topological polar surface area (TPSA) is 55.4 Å². The van der Waals surface area contributed by atoms with Crippen LogP contribution in [0.25, 0.3) is 0 Å². The summed E-state index contributed by atoms with van der Waals surface area (Å²) in [5, 5.41) is 6.46. The van der Waals surface area contributed by atoms with Gasteiger partial charge in [0, 0.05) is 0 Å². The van der Waals surface area contributed by atoms with E-state index in [2.05, 4.69) is 5.32 Å². The van der Waals surface area contributed by atoms with Gasteiger partial charge in [0.05, 0.1) is 6.42 Å². The normalized spacial score (nSPS) is 12.9. The number of amides is 1. The van der Waals surface area contributed by atoms with Crippen molar-refractivity contribution in [2.45, 2.75) is 45.8 Å². The number of carbonyl (C=O) groups is 2. The summed E-state index contributed by atoms with van der Waals surface area (Å²) >= 11 is 1.54. The Bertz CT molecular complexity index is 406. The second-order valence-electron chi connectivity index (χ2n) is 5.13. The monoisotopic (exact) mass is 269 g/mol. The molecule has 0 aliphatic rings. The maximum Gasteiger partial charge on any atom is 0.328 e. The summed E-state index contributed by atoms with van der Waals surface area (Å²) in [6.45, 7) is 7.01. The van der Waals surface area contributed by atoms with E-state index in [0.717, 1.165) is 5.56 Å². The summed E-state index contributed by atoms with van der Waals surface area (Å²) in [6.07, 6.45) is 0.288. The van der Waals surface area contributed by atoms with Gasteiger partial charge in [-0.25, -0.2) is 4.79 Å². The number of nitrogens with one attached hydrogen (secondary N) is 1. The fraction of sp³-hybridized carbons (Fsp3) is 0.538. The Morgan fingerprint density at radius 3 is 2.61 bits per heavy atom. The molecule has 4 nitrogen and oxygen atoms in total. The van der Waals surface area contributed by atoms with Crippen LogP contribution in [0.1, 0.15) is 33.3 Å². The van der Waals surface area contributed by atoms with Gasteiger partial charge in [-0.1, -0.05) is 0 Å². The van der Waals surface area contributed by atoms with E-state index in [9.17, 15) is 9.59 Å². The van der Waals surface area contributed by atoms with E-state index in [1.165, 1.54) is 0 Å². The lowest BCUT2D eigenvalue weighted by Crippen LogP contribution is -2.42. The van der Waals surface area contributed by atoms with E-state index in [-0.39, 0.29) is 12.3 Å². The first-order valence-electron chi connectivity index (χ1n) is 5.81. The van der Waals surface area contributed by atoms with Gasteiger partial charge in [-0.05, 0) is 50.1 Å². The van der Waals surface area contributed by atoms with Crippen molar-refractivity contribution in [2.75, 3.05) is 0 Å². The first kappa shape index (κ1) is 14.7. The molecule has 0 unspecified atom stereocenters. The Morgan fingerprint density at radius 2 is 2.11 bits per heavy atom. The van der Waals surface area contributed by atoms with Crippen LogP contribution in [0.3, 0.4) is 0 Å². The molecule has 1 N–H and O–H groups in total. The van der Waals surface area contributed by atoms with Gasteiger partial charge < -0.3 is 10.1 Å². The van der Waals surface area contributed by atoms with E-state index >= 15 is 0 Å². The van der Waals surface area contributed by atoms with Gasteiger partial charge in [0.2, 0.25) is 5.91 Å². The molecule has 0 aromatic carbocycles. The molecule has 0 bridgehead atoms. The lowest BCUT2D eigenvalue weighted by Gasteiger charge is -2.22. The van der Waals surface area contributed by atoms with E-state index < -0.39 is 17.6 Å². The maximum absolute atomic E-state index is 11.7. The van der Waals surface area contributed by atoms with Gasteiger partial charge >= 0.3 is 5.97 Å². The van der Waals surface area contributed by atoms with E-state index in [1.807, 2.05) is 16.8 Å². The average Bonchev–Trinajstić information content (AvgIpc) is 2.67. The molecule has 0 aliphatic carbocycles. The molecule has 1 aromatic heterocycles. The Labute approximate surface area is 111 Å². The Morgan fingerprint density at radius 1 is 1.44 bits per heavy atom. The van der Waals surface area contributed by atoms with Crippen LogP contribution in [0.5, 0.6) is 0 Å². The lowest BCUT2D eigenvalue weighted by atomic mass is 10.2. The zero-order valence-electron chi connectivity index (χ0n) is 11.1. The van der Waals surface area contributed by atoms with E-state index in [0.29, 0.717) is 0 Å². The van der Waals surface area contributed by atoms with Crippen molar-refractivity contribution in [1.82, 2.24) is 5.32 Å². The molecule has 0 spiro atoms. The summed E-state index contributed by atoms with van der Waals surface area (Å²) in [5.41, 5.74) is 0.414. The third-order valence-corrected chi connectivity index (χ3v) is 2.81. The van der Waals surface area contributed by atoms with Gasteiger partial charge in [-0.3, -0.25) is 4.79 Å². The fourth-order valence-corrected chi connectivity index (χ4v) is 1.99. The molecule has 0 fully saturated rings. The highest BCUT2D eigenvalue weighted by atomic mass is 32.1. The van der Waals surface area contributed by atoms with Crippen molar-refractivity contribution in [3.8, 4) is 0 Å². The van der Waals surface area contributed by atoms with Crippen molar-refractivity contribution in [1.29, 1.82) is 0 Å². The first-order valence-corrected chi connectivity index (χ1v) is 6.75. The van der Waals surface area contributed by atoms with Gasteiger partial charge in [0.1, 0.15) is 11.6 Å². The smallest absolute Gasteiger partial charge is 0.328 e. The standard InChI is InChI=1S/C13H19NO3S/c1-9(12(16)17-13(2,3)4)14-11(15)7-10-5-6-18-8-10/h5-6,8-9H,7H2,1-4H3,(H,14,15)/t9-/m0/s1. The molecule has 1 heterocycles. The highest BCUT2D eigenvalue weighted by molar-refractivity contribution is 7.07. The minimum absolute atomic E-state index is 0.174. The van der Waals surface area contributed by atoms with Crippen LogP contribution in [-0.4, -0.2) is 23.5 Å². The van der Waals surface area contributed by atoms with Crippen LogP contribution in [-0.2, 0) is 20.7 Å². The van der Waals surface area contributed by atoms with Gasteiger partial charge in [0.25, 0.3) is 0 Å². The summed E-state index contributed by atoms with van der Waals surface area (Å²) < 4.78 is 5.18. The summed E-state index contributed by atoms with van der Waals surface area (Å²) in [6, 6.07) is 1.26. The largest absolute Gasteiger partial charge is 0.458 e. The molecule has 0 saturated heterocycles. The van der Waals surface area contributed by atoms with Crippen molar-refractivity contribution >= 4 is 23.2 Å². The zero-order chi connectivity index (χ0) is 13.8. The number of carbonyl (C=O) groups excluding carboxylic acids is 2. The lowest BCUT2D eigenvalue weighted by molar-refractivity contribution is -0.158. The van der Waals surface area contributed by atoms with Crippen molar-refractivity contribution in [3.63, 3.8) is 0 Å². The second-order valence-corrected chi connectivity index (χ2v) is 5.91. The average molecular weight is 269 g/mol. The van der Waals surface area contributed by atoms with Gasteiger partial charge in [0.15, 0.2) is 0 Å². The molecule has 1 amide bonds. The van der Waals surface area contributed by atoms with Crippen molar-refractivity contribution in [3.05, 3.63) is 22.4 Å². The SMILES string of the molecule is C[C@H](NC(=O)Cc1ccsc1)C(=O)OC(C)(C)C. The number of rotatable bonds is 4. The van der Waals surface area contributed by atoms with Crippen LogP contribution < -0.4 is 5.32 Å². The van der Waals surface area contributed by atoms with Crippen LogP contribution in [0.4, 0.5) is 0 Å². The van der Waals surface area contributed by atoms with Crippen molar-refractivity contribution < 1.29 is 14.3 Å². The number of thiophene rings is 1. The molecular formula is C13H19NO3S. The molecule has 100 valence electrons. The molecule has 0 aliphatic heterocycles. The maximum atomic E-state index is 11.7. The zero-order valence-corrected chi connectivity index (χ0v) is 12.0. The van der Waals surface area contributed by atoms with Crippen LogP contribution in [0, 0.1) is 0 Å². The Balaban J connectivity index is 2.42. The van der Waals surface area contributed by atoms with Crippen molar-refractivity contribution in [2.24, 2.45) is 0 Å².